The van der Waals surface area contributed by atoms with Gasteiger partial charge in [0.2, 0.25) is 0 Å². The standard InChI is InChI=1S/C13H18O2/c14-12-9-5-4-8-11(12)13(15)10-6-2-1-3-7-10/h1-3,6-7,11-15H,4-5,8-9H2/t11-,12-,13-/m1/s1. The number of hydrogen-bond acceptors (Lipinski definition) is 2. The monoisotopic (exact) mass is 206 g/mol. The van der Waals surface area contributed by atoms with Crippen LogP contribution in [0.3, 0.4) is 0 Å². The maximum atomic E-state index is 10.2. The number of hydrogen-bond donors (Lipinski definition) is 2. The number of aliphatic hydroxyl groups excluding tert-OH is 2. The minimum atomic E-state index is -0.513. The Hall–Kier alpha value is -0.860. The molecule has 2 heteroatoms. The smallest absolute Gasteiger partial charge is 0.0842 e. The second-order valence-corrected chi connectivity index (χ2v) is 4.37. The van der Waals surface area contributed by atoms with E-state index in [0.29, 0.717) is 0 Å². The van der Waals surface area contributed by atoms with Gasteiger partial charge in [-0.1, -0.05) is 43.2 Å². The van der Waals surface area contributed by atoms with Crippen molar-refractivity contribution in [3.05, 3.63) is 35.9 Å². The largest absolute Gasteiger partial charge is 0.393 e. The maximum absolute atomic E-state index is 10.2. The van der Waals surface area contributed by atoms with Gasteiger partial charge in [-0.2, -0.15) is 0 Å². The Kier molecular flexibility index (Phi) is 3.39. The van der Waals surface area contributed by atoms with Gasteiger partial charge in [-0.25, -0.2) is 0 Å². The Labute approximate surface area is 90.6 Å². The molecule has 0 aliphatic heterocycles. The highest BCUT2D eigenvalue weighted by atomic mass is 16.3. The van der Waals surface area contributed by atoms with Gasteiger partial charge in [0.15, 0.2) is 0 Å². The van der Waals surface area contributed by atoms with Crippen molar-refractivity contribution in [1.29, 1.82) is 0 Å². The molecule has 1 aromatic rings. The van der Waals surface area contributed by atoms with Crippen molar-refractivity contribution in [1.82, 2.24) is 0 Å². The molecule has 0 amide bonds. The van der Waals surface area contributed by atoms with E-state index in [4.69, 9.17) is 0 Å². The van der Waals surface area contributed by atoms with E-state index in [1.165, 1.54) is 0 Å². The average molecular weight is 206 g/mol. The second kappa shape index (κ2) is 4.77. The number of benzene rings is 1. The molecule has 2 N–H and O–H groups in total. The zero-order valence-corrected chi connectivity index (χ0v) is 8.84. The molecule has 0 bridgehead atoms. The van der Waals surface area contributed by atoms with Gasteiger partial charge in [0.05, 0.1) is 12.2 Å². The van der Waals surface area contributed by atoms with Crippen LogP contribution in [-0.4, -0.2) is 16.3 Å². The van der Waals surface area contributed by atoms with Gasteiger partial charge in [-0.15, -0.1) is 0 Å². The van der Waals surface area contributed by atoms with Crippen LogP contribution in [0.15, 0.2) is 30.3 Å². The molecule has 2 nitrogen and oxygen atoms in total. The molecule has 0 spiro atoms. The average Bonchev–Trinajstić information content (AvgIpc) is 2.30. The van der Waals surface area contributed by atoms with Crippen LogP contribution in [0.5, 0.6) is 0 Å². The van der Waals surface area contributed by atoms with E-state index in [0.717, 1.165) is 31.2 Å². The summed E-state index contributed by atoms with van der Waals surface area (Å²) in [4.78, 5) is 0. The zero-order chi connectivity index (χ0) is 10.7. The number of rotatable bonds is 2. The first-order chi connectivity index (χ1) is 7.29. The molecule has 1 aromatic carbocycles. The third-order valence-corrected chi connectivity index (χ3v) is 3.33. The van der Waals surface area contributed by atoms with Crippen LogP contribution in [-0.2, 0) is 0 Å². The van der Waals surface area contributed by atoms with Crippen molar-refractivity contribution < 1.29 is 10.2 Å². The molecule has 0 heterocycles. The fourth-order valence-electron chi connectivity index (χ4n) is 2.41. The van der Waals surface area contributed by atoms with Crippen LogP contribution in [0.4, 0.5) is 0 Å². The molecular weight excluding hydrogens is 188 g/mol. The quantitative estimate of drug-likeness (QED) is 0.779. The van der Waals surface area contributed by atoms with Gasteiger partial charge in [0, 0.05) is 5.92 Å². The molecule has 1 aliphatic carbocycles. The van der Waals surface area contributed by atoms with Gasteiger partial charge in [-0.05, 0) is 18.4 Å². The lowest BCUT2D eigenvalue weighted by atomic mass is 9.80. The highest BCUT2D eigenvalue weighted by molar-refractivity contribution is 5.18. The van der Waals surface area contributed by atoms with E-state index < -0.39 is 6.10 Å². The summed E-state index contributed by atoms with van der Waals surface area (Å²) in [6.07, 6.45) is 3.10. The maximum Gasteiger partial charge on any atom is 0.0842 e. The molecule has 15 heavy (non-hydrogen) atoms. The third kappa shape index (κ3) is 2.39. The van der Waals surface area contributed by atoms with Crippen molar-refractivity contribution in [3.8, 4) is 0 Å². The lowest BCUT2D eigenvalue weighted by Crippen LogP contribution is -2.29. The normalized spacial score (nSPS) is 28.7. The van der Waals surface area contributed by atoms with E-state index in [1.807, 2.05) is 30.3 Å². The molecule has 1 saturated carbocycles. The molecule has 2 rings (SSSR count). The zero-order valence-electron chi connectivity index (χ0n) is 8.84. The lowest BCUT2D eigenvalue weighted by Gasteiger charge is -2.31. The van der Waals surface area contributed by atoms with E-state index in [2.05, 4.69) is 0 Å². The molecule has 0 unspecified atom stereocenters. The Bertz CT molecular complexity index is 297. The summed E-state index contributed by atoms with van der Waals surface area (Å²) < 4.78 is 0. The summed E-state index contributed by atoms with van der Waals surface area (Å²) in [6, 6.07) is 9.63. The molecule has 3 atom stereocenters. The highest BCUT2D eigenvalue weighted by Crippen LogP contribution is 2.34. The summed E-state index contributed by atoms with van der Waals surface area (Å²) in [7, 11) is 0. The van der Waals surface area contributed by atoms with Gasteiger partial charge >= 0.3 is 0 Å². The van der Waals surface area contributed by atoms with E-state index in [9.17, 15) is 10.2 Å². The van der Waals surface area contributed by atoms with Crippen LogP contribution < -0.4 is 0 Å². The van der Waals surface area contributed by atoms with Gasteiger partial charge in [0.1, 0.15) is 0 Å². The van der Waals surface area contributed by atoms with Crippen LogP contribution in [0.25, 0.3) is 0 Å². The van der Waals surface area contributed by atoms with Crippen molar-refractivity contribution in [2.75, 3.05) is 0 Å². The SMILES string of the molecule is O[C@@H]1CCCC[C@H]1[C@H](O)c1ccccc1. The Morgan fingerprint density at radius 1 is 1.07 bits per heavy atom. The summed E-state index contributed by atoms with van der Waals surface area (Å²) >= 11 is 0. The topological polar surface area (TPSA) is 40.5 Å². The Balaban J connectivity index is 2.09. The predicted molar refractivity (Wildman–Crippen MR) is 59.4 cm³/mol. The van der Waals surface area contributed by atoms with Crippen LogP contribution in [0.1, 0.15) is 37.4 Å². The fraction of sp³-hybridized carbons (Fsp3) is 0.538. The Morgan fingerprint density at radius 2 is 1.73 bits per heavy atom. The first kappa shape index (κ1) is 10.7. The van der Waals surface area contributed by atoms with Crippen molar-refractivity contribution in [2.24, 2.45) is 5.92 Å². The molecule has 0 radical (unpaired) electrons. The summed E-state index contributed by atoms with van der Waals surface area (Å²) in [5.74, 6) is 0.0150. The van der Waals surface area contributed by atoms with E-state index in [1.54, 1.807) is 0 Å². The molecule has 0 saturated heterocycles. The predicted octanol–water partition coefficient (Wildman–Crippen LogP) is 2.27. The first-order valence-electron chi connectivity index (χ1n) is 5.70. The fourth-order valence-corrected chi connectivity index (χ4v) is 2.41. The minimum absolute atomic E-state index is 0.0150. The van der Waals surface area contributed by atoms with Crippen LogP contribution in [0, 0.1) is 5.92 Å². The molecule has 1 aliphatic rings. The summed E-state index contributed by atoms with van der Waals surface area (Å²) in [5, 5.41) is 20.0. The molecule has 1 fully saturated rings. The van der Waals surface area contributed by atoms with E-state index >= 15 is 0 Å². The minimum Gasteiger partial charge on any atom is -0.393 e. The number of aliphatic hydroxyl groups is 2. The van der Waals surface area contributed by atoms with Gasteiger partial charge in [0.25, 0.3) is 0 Å². The van der Waals surface area contributed by atoms with Crippen molar-refractivity contribution >= 4 is 0 Å². The van der Waals surface area contributed by atoms with Crippen LogP contribution >= 0.6 is 0 Å². The highest BCUT2D eigenvalue weighted by Gasteiger charge is 2.29. The summed E-state index contributed by atoms with van der Waals surface area (Å²) in [5.41, 5.74) is 0.920. The summed E-state index contributed by atoms with van der Waals surface area (Å²) in [6.45, 7) is 0. The van der Waals surface area contributed by atoms with Crippen molar-refractivity contribution in [3.63, 3.8) is 0 Å². The molecular formula is C13H18O2. The Morgan fingerprint density at radius 3 is 2.40 bits per heavy atom. The first-order valence-corrected chi connectivity index (χ1v) is 5.70. The van der Waals surface area contributed by atoms with Gasteiger partial charge < -0.3 is 10.2 Å². The molecule has 82 valence electrons. The second-order valence-electron chi connectivity index (χ2n) is 4.37. The third-order valence-electron chi connectivity index (χ3n) is 3.33. The molecule has 0 aromatic heterocycles. The van der Waals surface area contributed by atoms with E-state index in [-0.39, 0.29) is 12.0 Å². The van der Waals surface area contributed by atoms with Gasteiger partial charge in [-0.3, -0.25) is 0 Å². The van der Waals surface area contributed by atoms with Crippen LogP contribution in [0.2, 0.25) is 0 Å². The van der Waals surface area contributed by atoms with Crippen molar-refractivity contribution in [2.45, 2.75) is 37.9 Å². The lowest BCUT2D eigenvalue weighted by molar-refractivity contribution is -0.0135.